The molecule has 3 aromatic carbocycles. The first-order chi connectivity index (χ1) is 18.3. The number of nitrogens with one attached hydrogen (secondary N) is 3. The lowest BCUT2D eigenvalue weighted by Gasteiger charge is -2.11. The van der Waals surface area contributed by atoms with Gasteiger partial charge in [-0.05, 0) is 60.5 Å². The van der Waals surface area contributed by atoms with Gasteiger partial charge in [0, 0.05) is 27.3 Å². The van der Waals surface area contributed by atoms with Crippen LogP contribution in [-0.2, 0) is 20.9 Å². The number of aryl methyl sites for hydroxylation is 1. The van der Waals surface area contributed by atoms with E-state index in [9.17, 15) is 14.4 Å². The van der Waals surface area contributed by atoms with Crippen LogP contribution in [0.1, 0.15) is 16.7 Å². The number of ether oxygens (including phenoxy) is 3. The van der Waals surface area contributed by atoms with Gasteiger partial charge in [-0.2, -0.15) is 5.10 Å². The van der Waals surface area contributed by atoms with Gasteiger partial charge in [-0.25, -0.2) is 5.43 Å². The molecule has 3 aromatic rings. The molecule has 10 nitrogen and oxygen atoms in total. The predicted molar refractivity (Wildman–Crippen MR) is 145 cm³/mol. The molecule has 1 heterocycles. The Bertz CT molecular complexity index is 1410. The van der Waals surface area contributed by atoms with Gasteiger partial charge in [-0.1, -0.05) is 39.7 Å². The van der Waals surface area contributed by atoms with Crippen molar-refractivity contribution in [2.24, 2.45) is 5.10 Å². The van der Waals surface area contributed by atoms with Crippen LogP contribution in [0.4, 0.5) is 5.69 Å². The monoisotopic (exact) mass is 600 g/mol. The number of carbonyl (C=O) groups is 3. The van der Waals surface area contributed by atoms with Gasteiger partial charge in [-0.3, -0.25) is 14.4 Å². The van der Waals surface area contributed by atoms with Crippen molar-refractivity contribution < 1.29 is 28.6 Å². The fourth-order valence-corrected chi connectivity index (χ4v) is 3.89. The second-order valence-electron chi connectivity index (χ2n) is 8.05. The van der Waals surface area contributed by atoms with Crippen molar-refractivity contribution in [3.05, 3.63) is 80.8 Å². The topological polar surface area (TPSA) is 127 Å². The molecule has 0 atom stereocenters. The van der Waals surface area contributed by atoms with Crippen molar-refractivity contribution in [2.45, 2.75) is 13.5 Å². The smallest absolute Gasteiger partial charge is 0.329 e. The number of hydrazone groups is 1. The first-order valence-electron chi connectivity index (χ1n) is 11.3. The summed E-state index contributed by atoms with van der Waals surface area (Å²) in [7, 11) is 0. The molecule has 3 N–H and O–H groups in total. The van der Waals surface area contributed by atoms with Gasteiger partial charge < -0.3 is 24.8 Å². The molecule has 3 amide bonds. The number of anilines is 1. The second kappa shape index (κ2) is 12.4. The van der Waals surface area contributed by atoms with Crippen molar-refractivity contribution in [3.8, 4) is 17.2 Å². The average molecular weight is 602 g/mol. The van der Waals surface area contributed by atoms with Crippen LogP contribution >= 0.6 is 27.5 Å². The highest BCUT2D eigenvalue weighted by molar-refractivity contribution is 9.10. The zero-order valence-corrected chi connectivity index (χ0v) is 22.4. The van der Waals surface area contributed by atoms with E-state index in [0.717, 1.165) is 15.6 Å². The molecule has 0 aromatic heterocycles. The molecule has 0 bridgehead atoms. The number of rotatable bonds is 8. The van der Waals surface area contributed by atoms with Crippen LogP contribution in [0, 0.1) is 6.92 Å². The van der Waals surface area contributed by atoms with Crippen LogP contribution in [0.25, 0.3) is 0 Å². The largest absolute Gasteiger partial charge is 0.483 e. The van der Waals surface area contributed by atoms with E-state index in [2.05, 4.69) is 37.1 Å². The zero-order valence-electron chi connectivity index (χ0n) is 20.0. The van der Waals surface area contributed by atoms with Crippen LogP contribution in [0.2, 0.25) is 5.02 Å². The van der Waals surface area contributed by atoms with Crippen molar-refractivity contribution in [3.63, 3.8) is 0 Å². The highest BCUT2D eigenvalue weighted by Gasteiger charge is 2.16. The van der Waals surface area contributed by atoms with Gasteiger partial charge in [0.05, 0.1) is 6.21 Å². The molecule has 0 spiro atoms. The number of hydrogen-bond donors (Lipinski definition) is 3. The Kier molecular flexibility index (Phi) is 8.82. The summed E-state index contributed by atoms with van der Waals surface area (Å²) in [6.07, 6.45) is 1.31. The van der Waals surface area contributed by atoms with E-state index in [1.165, 1.54) is 6.21 Å². The maximum Gasteiger partial charge on any atom is 0.329 e. The van der Waals surface area contributed by atoms with E-state index >= 15 is 0 Å². The zero-order chi connectivity index (χ0) is 27.1. The summed E-state index contributed by atoms with van der Waals surface area (Å²) in [4.78, 5) is 36.7. The third-order valence-electron chi connectivity index (χ3n) is 5.27. The first-order valence-corrected chi connectivity index (χ1v) is 12.4. The van der Waals surface area contributed by atoms with E-state index in [1.807, 2.05) is 6.92 Å². The van der Waals surface area contributed by atoms with Gasteiger partial charge in [0.2, 0.25) is 6.79 Å². The number of nitrogens with zero attached hydrogens (tertiary/aromatic N) is 1. The molecule has 1 aliphatic rings. The normalized spacial score (nSPS) is 11.8. The second-order valence-corrected chi connectivity index (χ2v) is 9.40. The average Bonchev–Trinajstić information content (AvgIpc) is 3.37. The molecule has 196 valence electrons. The van der Waals surface area contributed by atoms with Crippen LogP contribution < -0.4 is 30.3 Å². The van der Waals surface area contributed by atoms with Gasteiger partial charge >= 0.3 is 11.8 Å². The molecular weight excluding hydrogens is 580 g/mol. The third kappa shape index (κ3) is 7.24. The number of benzene rings is 3. The Morgan fingerprint density at radius 2 is 1.87 bits per heavy atom. The summed E-state index contributed by atoms with van der Waals surface area (Å²) in [5.41, 5.74) is 4.82. The Hall–Kier alpha value is -4.09. The van der Waals surface area contributed by atoms with Crippen LogP contribution in [0.3, 0.4) is 0 Å². The van der Waals surface area contributed by atoms with Crippen LogP contribution in [-0.4, -0.2) is 37.3 Å². The molecule has 38 heavy (non-hydrogen) atoms. The quantitative estimate of drug-likeness (QED) is 0.204. The fourth-order valence-electron chi connectivity index (χ4n) is 3.33. The fraction of sp³-hybridized carbons (Fsp3) is 0.154. The molecule has 0 radical (unpaired) electrons. The maximum absolute atomic E-state index is 12.4. The SMILES string of the molecule is Cc1ccc(Cl)cc1NC(=O)COc1ccc(Br)cc1/C=N\NC(=O)C(=O)NCc1ccc2c(c1)OCO2. The Labute approximate surface area is 231 Å². The Balaban J connectivity index is 1.29. The molecular formula is C26H22BrClN4O6. The first kappa shape index (κ1) is 27.0. The van der Waals surface area contributed by atoms with E-state index in [1.54, 1.807) is 54.6 Å². The molecule has 0 saturated carbocycles. The Morgan fingerprint density at radius 3 is 2.71 bits per heavy atom. The maximum atomic E-state index is 12.4. The van der Waals surface area contributed by atoms with Gasteiger partial charge in [0.25, 0.3) is 5.91 Å². The van der Waals surface area contributed by atoms with Gasteiger partial charge in [-0.15, -0.1) is 0 Å². The van der Waals surface area contributed by atoms with E-state index < -0.39 is 11.8 Å². The summed E-state index contributed by atoms with van der Waals surface area (Å²) >= 11 is 9.36. The van der Waals surface area contributed by atoms with Gasteiger partial charge in [0.15, 0.2) is 18.1 Å². The minimum atomic E-state index is -0.948. The predicted octanol–water partition coefficient (Wildman–Crippen LogP) is 3.92. The van der Waals surface area contributed by atoms with Crippen molar-refractivity contribution in [1.29, 1.82) is 0 Å². The summed E-state index contributed by atoms with van der Waals surface area (Å²) in [6, 6.07) is 15.5. The summed E-state index contributed by atoms with van der Waals surface area (Å²) < 4.78 is 16.9. The van der Waals surface area contributed by atoms with Gasteiger partial charge in [0.1, 0.15) is 5.75 Å². The van der Waals surface area contributed by atoms with Crippen molar-refractivity contribution >= 4 is 57.2 Å². The summed E-state index contributed by atoms with van der Waals surface area (Å²) in [5.74, 6) is -0.644. The van der Waals surface area contributed by atoms with E-state index in [-0.39, 0.29) is 25.9 Å². The standard InChI is InChI=1S/C26H22BrClN4O6/c1-15-2-5-19(28)10-20(15)31-24(33)13-36-21-7-4-18(27)9-17(21)12-30-32-26(35)25(34)29-11-16-3-6-22-23(8-16)38-14-37-22/h2-10,12H,11,13-14H2,1H3,(H,29,34)(H,31,33)(H,32,35)/b30-12-. The van der Waals surface area contributed by atoms with Crippen LogP contribution in [0.15, 0.2) is 64.2 Å². The van der Waals surface area contributed by atoms with Crippen molar-refractivity contribution in [2.75, 3.05) is 18.7 Å². The van der Waals surface area contributed by atoms with Crippen LogP contribution in [0.5, 0.6) is 17.2 Å². The number of halogens is 2. The molecule has 0 aliphatic carbocycles. The van der Waals surface area contributed by atoms with Crippen molar-refractivity contribution in [1.82, 2.24) is 10.7 Å². The summed E-state index contributed by atoms with van der Waals surface area (Å²) in [5, 5.41) is 9.61. The lowest BCUT2D eigenvalue weighted by atomic mass is 10.2. The minimum absolute atomic E-state index is 0.118. The van der Waals surface area contributed by atoms with E-state index in [4.69, 9.17) is 25.8 Å². The molecule has 0 fully saturated rings. The number of amides is 3. The number of hydrogen-bond acceptors (Lipinski definition) is 7. The number of carbonyl (C=O) groups excluding carboxylic acids is 3. The summed E-state index contributed by atoms with van der Waals surface area (Å²) in [6.45, 7) is 1.84. The molecule has 0 saturated heterocycles. The van der Waals surface area contributed by atoms with E-state index in [0.29, 0.717) is 33.5 Å². The minimum Gasteiger partial charge on any atom is -0.483 e. The molecule has 0 unspecified atom stereocenters. The highest BCUT2D eigenvalue weighted by atomic mass is 79.9. The molecule has 12 heteroatoms. The number of fused-ring (bicyclic) bond motifs is 1. The lowest BCUT2D eigenvalue weighted by molar-refractivity contribution is -0.139. The third-order valence-corrected chi connectivity index (χ3v) is 6.00. The molecule has 1 aliphatic heterocycles. The molecule has 4 rings (SSSR count). The Morgan fingerprint density at radius 1 is 1.05 bits per heavy atom. The highest BCUT2D eigenvalue weighted by Crippen LogP contribution is 2.32. The lowest BCUT2D eigenvalue weighted by Crippen LogP contribution is -2.37.